The molecule has 0 atom stereocenters. The van der Waals surface area contributed by atoms with E-state index in [-0.39, 0.29) is 5.91 Å². The molecule has 0 unspecified atom stereocenters. The lowest BCUT2D eigenvalue weighted by Crippen LogP contribution is -2.16. The summed E-state index contributed by atoms with van der Waals surface area (Å²) in [5.74, 6) is 1.90. The lowest BCUT2D eigenvalue weighted by Gasteiger charge is -2.19. The molecule has 156 valence electrons. The second kappa shape index (κ2) is 7.88. The molecule has 31 heavy (non-hydrogen) atoms. The van der Waals surface area contributed by atoms with Crippen molar-refractivity contribution < 1.29 is 14.3 Å². The average Bonchev–Trinajstić information content (AvgIpc) is 3.16. The molecule has 3 heterocycles. The van der Waals surface area contributed by atoms with E-state index >= 15 is 0 Å². The van der Waals surface area contributed by atoms with Crippen molar-refractivity contribution in [1.29, 1.82) is 0 Å². The third-order valence-corrected chi connectivity index (χ3v) is 6.37. The summed E-state index contributed by atoms with van der Waals surface area (Å²) in [6, 6.07) is 15.4. The average molecular weight is 433 g/mol. The predicted octanol–water partition coefficient (Wildman–Crippen LogP) is 4.79. The Morgan fingerprint density at radius 3 is 2.65 bits per heavy atom. The lowest BCUT2D eigenvalue weighted by molar-refractivity contribution is 0.103. The molecule has 7 nitrogen and oxygen atoms in total. The van der Waals surface area contributed by atoms with Crippen LogP contribution in [0.2, 0.25) is 0 Å². The number of carbonyl (C=O) groups is 1. The molecule has 5 rings (SSSR count). The molecule has 2 aromatic heterocycles. The van der Waals surface area contributed by atoms with Crippen LogP contribution in [0.25, 0.3) is 10.2 Å². The van der Waals surface area contributed by atoms with Crippen molar-refractivity contribution >= 4 is 44.7 Å². The fourth-order valence-electron chi connectivity index (χ4n) is 3.61. The number of benzene rings is 2. The molecule has 1 N–H and O–H groups in total. The first-order valence-electron chi connectivity index (χ1n) is 9.85. The second-order valence-electron chi connectivity index (χ2n) is 7.14. The number of anilines is 3. The quantitative estimate of drug-likeness (QED) is 0.500. The van der Waals surface area contributed by atoms with Gasteiger partial charge in [-0.1, -0.05) is 18.2 Å². The summed E-state index contributed by atoms with van der Waals surface area (Å²) in [4.78, 5) is 25.4. The van der Waals surface area contributed by atoms with E-state index in [0.29, 0.717) is 35.3 Å². The van der Waals surface area contributed by atoms with E-state index in [1.54, 1.807) is 12.1 Å². The number of rotatable bonds is 4. The van der Waals surface area contributed by atoms with Gasteiger partial charge in [-0.25, -0.2) is 9.97 Å². The van der Waals surface area contributed by atoms with Crippen LogP contribution in [0.15, 0.2) is 54.9 Å². The van der Waals surface area contributed by atoms with Gasteiger partial charge >= 0.3 is 0 Å². The normalized spacial score (nSPS) is 12.6. The molecule has 0 radical (unpaired) electrons. The number of aryl methyl sites for hydroxylation is 1. The highest BCUT2D eigenvalue weighted by atomic mass is 32.1. The van der Waals surface area contributed by atoms with E-state index in [9.17, 15) is 4.79 Å². The Labute approximate surface area is 183 Å². The number of hydrogen-bond donors (Lipinski definition) is 1. The van der Waals surface area contributed by atoms with Gasteiger partial charge in [0.25, 0.3) is 5.91 Å². The Hall–Kier alpha value is -3.65. The first kappa shape index (κ1) is 19.3. The highest BCUT2D eigenvalue weighted by Crippen LogP contribution is 2.37. The van der Waals surface area contributed by atoms with Gasteiger partial charge in [0, 0.05) is 24.5 Å². The van der Waals surface area contributed by atoms with Crippen LogP contribution in [0.4, 0.5) is 17.2 Å². The molecular weight excluding hydrogens is 412 g/mol. The minimum Gasteiger partial charge on any atom is -0.486 e. The minimum absolute atomic E-state index is 0.189. The summed E-state index contributed by atoms with van der Waals surface area (Å²) in [5, 5.41) is 3.85. The predicted molar refractivity (Wildman–Crippen MR) is 122 cm³/mol. The molecule has 2 aromatic carbocycles. The molecule has 1 aliphatic heterocycles. The number of nitrogens with one attached hydrogen (secondary N) is 1. The Morgan fingerprint density at radius 2 is 1.84 bits per heavy atom. The van der Waals surface area contributed by atoms with Gasteiger partial charge in [0.1, 0.15) is 30.2 Å². The minimum atomic E-state index is -0.189. The van der Waals surface area contributed by atoms with E-state index in [1.807, 2.05) is 55.3 Å². The maximum Gasteiger partial charge on any atom is 0.266 e. The Kier molecular flexibility index (Phi) is 4.91. The number of aromatic nitrogens is 2. The SMILES string of the molecule is Cc1c(C(=O)Nc2ccc3c(c2)OCCO3)sc2ncnc(N(C)c3ccccc3)c12. The first-order chi connectivity index (χ1) is 15.1. The van der Waals surface area contributed by atoms with Crippen molar-refractivity contribution in [3.8, 4) is 11.5 Å². The summed E-state index contributed by atoms with van der Waals surface area (Å²) in [5.41, 5.74) is 2.52. The van der Waals surface area contributed by atoms with Crippen LogP contribution in [0.3, 0.4) is 0 Å². The van der Waals surface area contributed by atoms with Gasteiger partial charge < -0.3 is 19.7 Å². The first-order valence-corrected chi connectivity index (χ1v) is 10.7. The molecular formula is C23H20N4O3S. The van der Waals surface area contributed by atoms with Gasteiger partial charge in [0.15, 0.2) is 11.5 Å². The number of hydrogen-bond acceptors (Lipinski definition) is 7. The van der Waals surface area contributed by atoms with E-state index in [0.717, 1.165) is 27.3 Å². The highest BCUT2D eigenvalue weighted by Gasteiger charge is 2.22. The summed E-state index contributed by atoms with van der Waals surface area (Å²) >= 11 is 1.36. The fourth-order valence-corrected chi connectivity index (χ4v) is 4.65. The molecule has 4 aromatic rings. The third kappa shape index (κ3) is 3.55. The van der Waals surface area contributed by atoms with E-state index < -0.39 is 0 Å². The molecule has 8 heteroatoms. The largest absolute Gasteiger partial charge is 0.486 e. The van der Waals surface area contributed by atoms with Crippen molar-refractivity contribution in [2.24, 2.45) is 0 Å². The number of para-hydroxylation sites is 1. The molecule has 0 spiro atoms. The van der Waals surface area contributed by atoms with Crippen molar-refractivity contribution in [3.05, 3.63) is 65.3 Å². The Balaban J connectivity index is 1.48. The van der Waals surface area contributed by atoms with Crippen LogP contribution in [0.5, 0.6) is 11.5 Å². The molecule has 0 fully saturated rings. The summed E-state index contributed by atoms with van der Waals surface area (Å²) in [6.07, 6.45) is 1.54. The van der Waals surface area contributed by atoms with Crippen molar-refractivity contribution in [2.45, 2.75) is 6.92 Å². The molecule has 0 bridgehead atoms. The van der Waals surface area contributed by atoms with Gasteiger partial charge in [0.05, 0.1) is 10.3 Å². The van der Waals surface area contributed by atoms with Crippen LogP contribution >= 0.6 is 11.3 Å². The number of nitrogens with zero attached hydrogens (tertiary/aromatic N) is 3. The van der Waals surface area contributed by atoms with Crippen LogP contribution < -0.4 is 19.7 Å². The summed E-state index contributed by atoms with van der Waals surface area (Å²) in [6.45, 7) is 2.96. The van der Waals surface area contributed by atoms with Crippen molar-refractivity contribution in [3.63, 3.8) is 0 Å². The zero-order chi connectivity index (χ0) is 21.4. The Bertz CT molecular complexity index is 1270. The molecule has 0 saturated carbocycles. The van der Waals surface area contributed by atoms with Crippen LogP contribution in [-0.2, 0) is 0 Å². The highest BCUT2D eigenvalue weighted by molar-refractivity contribution is 7.20. The number of ether oxygens (including phenoxy) is 2. The van der Waals surface area contributed by atoms with Gasteiger partial charge in [-0.15, -0.1) is 11.3 Å². The second-order valence-corrected chi connectivity index (χ2v) is 8.14. The van der Waals surface area contributed by atoms with E-state index in [1.165, 1.54) is 17.7 Å². The molecule has 0 saturated heterocycles. The van der Waals surface area contributed by atoms with E-state index in [2.05, 4.69) is 15.3 Å². The zero-order valence-corrected chi connectivity index (χ0v) is 17.9. The monoisotopic (exact) mass is 432 g/mol. The standard InChI is InChI=1S/C23H20N4O3S/c1-14-19-21(27(2)16-6-4-3-5-7-16)24-13-25-23(19)31-20(14)22(28)26-15-8-9-17-18(12-15)30-11-10-29-17/h3-9,12-13H,10-11H2,1-2H3,(H,26,28). The van der Waals surface area contributed by atoms with Crippen molar-refractivity contribution in [1.82, 2.24) is 9.97 Å². The smallest absolute Gasteiger partial charge is 0.266 e. The molecule has 1 aliphatic rings. The van der Waals surface area contributed by atoms with Crippen LogP contribution in [0.1, 0.15) is 15.2 Å². The maximum atomic E-state index is 13.1. The number of thiophene rings is 1. The summed E-state index contributed by atoms with van der Waals surface area (Å²) < 4.78 is 11.2. The molecule has 1 amide bonds. The fraction of sp³-hybridized carbons (Fsp3) is 0.174. The Morgan fingerprint density at radius 1 is 1.06 bits per heavy atom. The number of amides is 1. The van der Waals surface area contributed by atoms with Gasteiger partial charge in [-0.3, -0.25) is 4.79 Å². The topological polar surface area (TPSA) is 76.6 Å². The summed E-state index contributed by atoms with van der Waals surface area (Å²) in [7, 11) is 1.96. The van der Waals surface area contributed by atoms with Gasteiger partial charge in [-0.05, 0) is 36.8 Å². The number of carbonyl (C=O) groups excluding carboxylic acids is 1. The van der Waals surface area contributed by atoms with Gasteiger partial charge in [0.2, 0.25) is 0 Å². The molecule has 0 aliphatic carbocycles. The lowest BCUT2D eigenvalue weighted by atomic mass is 10.1. The zero-order valence-electron chi connectivity index (χ0n) is 17.1. The van der Waals surface area contributed by atoms with Crippen molar-refractivity contribution in [2.75, 3.05) is 30.5 Å². The maximum absolute atomic E-state index is 13.1. The third-order valence-electron chi connectivity index (χ3n) is 5.17. The van der Waals surface area contributed by atoms with Crippen LogP contribution in [-0.4, -0.2) is 36.1 Å². The number of fused-ring (bicyclic) bond motifs is 2. The van der Waals surface area contributed by atoms with E-state index in [4.69, 9.17) is 9.47 Å². The van der Waals surface area contributed by atoms with Gasteiger partial charge in [-0.2, -0.15) is 0 Å². The van der Waals surface area contributed by atoms with Crippen LogP contribution in [0, 0.1) is 6.92 Å².